The number of aliphatic hydroxyl groups excluding tert-OH is 1. The summed E-state index contributed by atoms with van der Waals surface area (Å²) < 4.78 is 39.8. The molecule has 0 fully saturated rings. The minimum absolute atomic E-state index is 0.0160. The van der Waals surface area contributed by atoms with E-state index in [0.29, 0.717) is 23.4 Å². The Morgan fingerprint density at radius 1 is 1.05 bits per heavy atom. The number of benzene rings is 2. The third kappa shape index (κ3) is 5.19. The van der Waals surface area contributed by atoms with E-state index in [0.717, 1.165) is 0 Å². The third-order valence-corrected chi connectivity index (χ3v) is 5.85. The van der Waals surface area contributed by atoms with Crippen molar-refractivity contribution in [3.8, 4) is 22.5 Å². The second kappa shape index (κ2) is 10.6. The fourth-order valence-electron chi connectivity index (χ4n) is 4.05. The average molecular weight is 504 g/mol. The van der Waals surface area contributed by atoms with Gasteiger partial charge in [-0.05, 0) is 48.5 Å². The van der Waals surface area contributed by atoms with Gasteiger partial charge >= 0.3 is 0 Å². The molecule has 1 aliphatic heterocycles. The minimum atomic E-state index is -0.911. The molecule has 0 unspecified atom stereocenters. The minimum Gasteiger partial charge on any atom is -0.455 e. The van der Waals surface area contributed by atoms with Crippen LogP contribution in [-0.4, -0.2) is 38.8 Å². The van der Waals surface area contributed by atoms with Gasteiger partial charge in [0.1, 0.15) is 24.2 Å². The first-order valence-corrected chi connectivity index (χ1v) is 11.4. The van der Waals surface area contributed by atoms with Crippen molar-refractivity contribution in [2.75, 3.05) is 6.61 Å². The van der Waals surface area contributed by atoms with Gasteiger partial charge in [-0.1, -0.05) is 12.1 Å². The molecule has 2 aromatic carbocycles. The summed E-state index contributed by atoms with van der Waals surface area (Å²) in [6.45, 7) is -0.321. The molecule has 5 rings (SSSR count). The Morgan fingerprint density at radius 3 is 2.65 bits per heavy atom. The first-order chi connectivity index (χ1) is 18.0. The largest absolute Gasteiger partial charge is 0.455 e. The predicted octanol–water partition coefficient (Wildman–Crippen LogP) is 4.27. The van der Waals surface area contributed by atoms with E-state index >= 15 is 4.39 Å². The van der Waals surface area contributed by atoms with E-state index in [4.69, 9.17) is 9.47 Å². The molecular formula is C27H22F2N4O4. The molecule has 3 heterocycles. The van der Waals surface area contributed by atoms with E-state index in [9.17, 15) is 14.3 Å². The second-order valence-corrected chi connectivity index (χ2v) is 8.32. The monoisotopic (exact) mass is 504 g/mol. The van der Waals surface area contributed by atoms with Crippen molar-refractivity contribution >= 4 is 5.91 Å². The molecule has 0 radical (unpaired) electrons. The van der Waals surface area contributed by atoms with Crippen LogP contribution in [0.15, 0.2) is 79.4 Å². The van der Waals surface area contributed by atoms with Gasteiger partial charge in [0, 0.05) is 29.4 Å². The lowest BCUT2D eigenvalue weighted by atomic mass is 10.0. The molecule has 188 valence electrons. The fourth-order valence-corrected chi connectivity index (χ4v) is 4.05. The van der Waals surface area contributed by atoms with E-state index in [-0.39, 0.29) is 29.0 Å². The zero-order valence-corrected chi connectivity index (χ0v) is 19.4. The van der Waals surface area contributed by atoms with Gasteiger partial charge in [0.15, 0.2) is 0 Å². The smallest absolute Gasteiger partial charge is 0.269 e. The maximum absolute atomic E-state index is 15.0. The first-order valence-electron chi connectivity index (χ1n) is 11.4. The number of carbonyl (C=O) groups excluding carboxylic acids is 1. The van der Waals surface area contributed by atoms with Crippen molar-refractivity contribution in [3.05, 3.63) is 108 Å². The Hall–Kier alpha value is -4.57. The van der Waals surface area contributed by atoms with Crippen LogP contribution in [0.2, 0.25) is 0 Å². The van der Waals surface area contributed by atoms with Gasteiger partial charge in [-0.2, -0.15) is 5.10 Å². The molecule has 0 saturated carbocycles. The van der Waals surface area contributed by atoms with Crippen LogP contribution in [0, 0.1) is 11.6 Å². The van der Waals surface area contributed by atoms with Gasteiger partial charge in [-0.15, -0.1) is 0 Å². The molecule has 8 nitrogen and oxygen atoms in total. The maximum Gasteiger partial charge on any atom is 0.269 e. The van der Waals surface area contributed by atoms with Crippen LogP contribution in [0.1, 0.15) is 27.9 Å². The van der Waals surface area contributed by atoms with Crippen molar-refractivity contribution in [3.63, 3.8) is 0 Å². The molecule has 0 spiro atoms. The fraction of sp³-hybridized carbons (Fsp3) is 0.148. The predicted molar refractivity (Wildman–Crippen MR) is 130 cm³/mol. The lowest BCUT2D eigenvalue weighted by molar-refractivity contribution is -0.0270. The Balaban J connectivity index is 1.41. The number of ether oxygens (including phenoxy) is 2. The molecular weight excluding hydrogens is 482 g/mol. The van der Waals surface area contributed by atoms with E-state index in [1.807, 2.05) is 6.07 Å². The number of aromatic nitrogens is 3. The highest BCUT2D eigenvalue weighted by Gasteiger charge is 2.23. The van der Waals surface area contributed by atoms with Gasteiger partial charge in [0.05, 0.1) is 35.2 Å². The zero-order valence-electron chi connectivity index (χ0n) is 19.4. The summed E-state index contributed by atoms with van der Waals surface area (Å²) in [5.41, 5.74) is 2.15. The van der Waals surface area contributed by atoms with Crippen LogP contribution in [0.4, 0.5) is 8.78 Å². The van der Waals surface area contributed by atoms with Crippen LogP contribution >= 0.6 is 0 Å². The number of aromatic amines is 1. The molecule has 3 N–H and O–H groups in total. The van der Waals surface area contributed by atoms with Crippen LogP contribution in [-0.2, 0) is 15.9 Å². The number of amides is 1. The average Bonchev–Trinajstić information content (AvgIpc) is 3.62. The van der Waals surface area contributed by atoms with Gasteiger partial charge in [0.2, 0.25) is 0 Å². The van der Waals surface area contributed by atoms with Gasteiger partial charge < -0.3 is 19.9 Å². The number of rotatable bonds is 8. The quantitative estimate of drug-likeness (QED) is 0.331. The van der Waals surface area contributed by atoms with Crippen molar-refractivity contribution in [1.29, 1.82) is 0 Å². The normalized spacial score (nSPS) is 13.7. The topological polar surface area (TPSA) is 109 Å². The highest BCUT2D eigenvalue weighted by atomic mass is 19.1. The van der Waals surface area contributed by atoms with Crippen LogP contribution < -0.4 is 5.32 Å². The molecule has 2 aromatic heterocycles. The molecule has 37 heavy (non-hydrogen) atoms. The molecule has 4 aromatic rings. The van der Waals surface area contributed by atoms with Crippen LogP contribution in [0.3, 0.4) is 0 Å². The summed E-state index contributed by atoms with van der Waals surface area (Å²) in [7, 11) is 0. The highest BCUT2D eigenvalue weighted by molar-refractivity contribution is 6.01. The van der Waals surface area contributed by atoms with Crippen molar-refractivity contribution in [1.82, 2.24) is 20.5 Å². The van der Waals surface area contributed by atoms with E-state index in [1.165, 1.54) is 48.9 Å². The first kappa shape index (κ1) is 24.1. The summed E-state index contributed by atoms with van der Waals surface area (Å²) >= 11 is 0. The molecule has 0 bridgehead atoms. The number of pyridine rings is 1. The van der Waals surface area contributed by atoms with Gasteiger partial charge in [-0.3, -0.25) is 14.9 Å². The molecule has 1 aliphatic rings. The summed E-state index contributed by atoms with van der Waals surface area (Å²) in [6, 6.07) is 14.8. The highest BCUT2D eigenvalue weighted by Crippen LogP contribution is 2.32. The van der Waals surface area contributed by atoms with Crippen LogP contribution in [0.25, 0.3) is 22.5 Å². The van der Waals surface area contributed by atoms with Gasteiger partial charge in [-0.25, -0.2) is 8.78 Å². The van der Waals surface area contributed by atoms with E-state index in [1.54, 1.807) is 24.4 Å². The molecule has 1 amide bonds. The van der Waals surface area contributed by atoms with E-state index < -0.39 is 29.9 Å². The Morgan fingerprint density at radius 2 is 1.89 bits per heavy atom. The summed E-state index contributed by atoms with van der Waals surface area (Å²) in [5, 5.41) is 19.6. The summed E-state index contributed by atoms with van der Waals surface area (Å²) in [6.07, 6.45) is 3.67. The number of nitrogens with zero attached hydrogens (tertiary/aromatic N) is 2. The molecule has 1 atom stereocenters. The van der Waals surface area contributed by atoms with E-state index in [2.05, 4.69) is 20.5 Å². The summed E-state index contributed by atoms with van der Waals surface area (Å²) in [5.74, 6) is -1.70. The number of aliphatic hydroxyl groups is 1. The Labute approximate surface area is 210 Å². The number of halogens is 2. The Bertz CT molecular complexity index is 1430. The van der Waals surface area contributed by atoms with Crippen molar-refractivity contribution in [2.24, 2.45) is 0 Å². The van der Waals surface area contributed by atoms with Crippen molar-refractivity contribution in [2.45, 2.75) is 18.8 Å². The van der Waals surface area contributed by atoms with Crippen molar-refractivity contribution < 1.29 is 28.2 Å². The lowest BCUT2D eigenvalue weighted by Gasteiger charge is -2.17. The number of H-pyrrole nitrogens is 1. The molecule has 10 heteroatoms. The van der Waals surface area contributed by atoms with Crippen LogP contribution in [0.5, 0.6) is 0 Å². The maximum atomic E-state index is 15.0. The summed E-state index contributed by atoms with van der Waals surface area (Å²) in [4.78, 5) is 17.4. The lowest BCUT2D eigenvalue weighted by Crippen LogP contribution is -2.39. The third-order valence-electron chi connectivity index (χ3n) is 5.85. The number of nitrogens with one attached hydrogen (secondary N) is 2. The molecule has 0 saturated heterocycles. The zero-order chi connectivity index (χ0) is 25.8. The number of carbonyl (C=O) groups is 1. The number of hydrogen-bond donors (Lipinski definition) is 3. The second-order valence-electron chi connectivity index (χ2n) is 8.32. The van der Waals surface area contributed by atoms with Gasteiger partial charge in [0.25, 0.3) is 12.2 Å². The number of hydrogen-bond acceptors (Lipinski definition) is 6. The Kier molecular flexibility index (Phi) is 6.91. The standard InChI is InChI=1S/C27H22F2N4O4/c28-21-8-7-16(12-20(21)27-36-10-11-37-27)23-14-24(33-32-23)25-19(5-3-6-22(25)29)26(35)31-18(15-34)13-17-4-1-2-9-30-17/h1-12,14,18,27,34H,13,15H2,(H,31,35)(H,32,33)/t18-/m1/s1. The SMILES string of the molecule is O=C(N[C@@H](CO)Cc1ccccn1)c1cccc(F)c1-c1cc(-c2ccc(F)c(C3OC=CO3)c2)n[nH]1. The molecule has 0 aliphatic carbocycles.